The maximum atomic E-state index is 13.9. The molecule has 0 spiro atoms. The molecule has 0 radical (unpaired) electrons. The zero-order valence-corrected chi connectivity index (χ0v) is 13.9. The molecule has 1 heterocycles. The number of halogens is 1. The summed E-state index contributed by atoms with van der Waals surface area (Å²) in [6, 6.07) is 8.63. The van der Waals surface area contributed by atoms with E-state index in [2.05, 4.69) is 17.3 Å². The highest BCUT2D eigenvalue weighted by molar-refractivity contribution is 5.75. The molecule has 2 amide bonds. The van der Waals surface area contributed by atoms with Crippen LogP contribution in [0, 0.1) is 11.7 Å². The minimum atomic E-state index is -0.261. The fraction of sp³-hybridized carbons (Fsp3) is 0.444. The van der Waals surface area contributed by atoms with Crippen LogP contribution in [-0.4, -0.2) is 33.3 Å². The fourth-order valence-electron chi connectivity index (χ4n) is 2.72. The maximum absolute atomic E-state index is 13.9. The first-order chi connectivity index (χ1) is 11.6. The van der Waals surface area contributed by atoms with Crippen molar-refractivity contribution < 1.29 is 9.18 Å². The lowest BCUT2D eigenvalue weighted by Gasteiger charge is -2.24. The summed E-state index contributed by atoms with van der Waals surface area (Å²) in [5, 5.41) is 7.15. The lowest BCUT2D eigenvalue weighted by atomic mass is 10.2. The van der Waals surface area contributed by atoms with E-state index in [1.54, 1.807) is 29.3 Å². The lowest BCUT2D eigenvalue weighted by molar-refractivity contribution is 0.189. The molecule has 3 rings (SSSR count). The number of carbonyl (C=O) groups is 1. The van der Waals surface area contributed by atoms with E-state index in [0.29, 0.717) is 18.7 Å². The number of nitrogens with zero attached hydrogens (tertiary/aromatic N) is 3. The molecule has 2 aromatic rings. The molecule has 1 aromatic heterocycles. The second-order valence-electron chi connectivity index (χ2n) is 6.47. The molecule has 1 fully saturated rings. The number of aromatic nitrogens is 2. The van der Waals surface area contributed by atoms with Crippen LogP contribution in [0.15, 0.2) is 42.7 Å². The molecule has 1 aliphatic carbocycles. The van der Waals surface area contributed by atoms with Crippen molar-refractivity contribution in [2.24, 2.45) is 5.92 Å². The van der Waals surface area contributed by atoms with Gasteiger partial charge in [-0.15, -0.1) is 0 Å². The first-order valence-corrected chi connectivity index (χ1v) is 8.39. The number of hydrogen-bond donors (Lipinski definition) is 1. The number of nitrogens with one attached hydrogen (secondary N) is 1. The highest BCUT2D eigenvalue weighted by atomic mass is 19.1. The van der Waals surface area contributed by atoms with Gasteiger partial charge in [-0.2, -0.15) is 5.10 Å². The van der Waals surface area contributed by atoms with Crippen LogP contribution in [0.25, 0.3) is 0 Å². The number of benzene rings is 1. The predicted molar refractivity (Wildman–Crippen MR) is 89.8 cm³/mol. The zero-order valence-electron chi connectivity index (χ0n) is 13.9. The Labute approximate surface area is 141 Å². The minimum absolute atomic E-state index is 0.118. The molecule has 1 N–H and O–H groups in total. The maximum Gasteiger partial charge on any atom is 0.317 e. The van der Waals surface area contributed by atoms with Gasteiger partial charge in [0.05, 0.1) is 6.54 Å². The van der Waals surface area contributed by atoms with Gasteiger partial charge in [-0.25, -0.2) is 9.18 Å². The van der Waals surface area contributed by atoms with E-state index in [-0.39, 0.29) is 23.8 Å². The number of amides is 2. The van der Waals surface area contributed by atoms with E-state index in [1.165, 1.54) is 6.07 Å². The van der Waals surface area contributed by atoms with Gasteiger partial charge in [0.1, 0.15) is 5.82 Å². The van der Waals surface area contributed by atoms with Crippen LogP contribution < -0.4 is 5.32 Å². The third-order valence-corrected chi connectivity index (χ3v) is 4.21. The van der Waals surface area contributed by atoms with Crippen molar-refractivity contribution in [3.63, 3.8) is 0 Å². The van der Waals surface area contributed by atoms with Gasteiger partial charge < -0.3 is 10.2 Å². The Morgan fingerprint density at radius 2 is 2.21 bits per heavy atom. The van der Waals surface area contributed by atoms with Gasteiger partial charge in [0.2, 0.25) is 0 Å². The molecule has 1 aromatic carbocycles. The molecule has 6 heteroatoms. The molecule has 1 aliphatic rings. The van der Waals surface area contributed by atoms with Gasteiger partial charge in [0, 0.05) is 37.1 Å². The number of rotatable bonds is 7. The van der Waals surface area contributed by atoms with Crippen LogP contribution in [0.2, 0.25) is 0 Å². The van der Waals surface area contributed by atoms with Crippen molar-refractivity contribution in [3.8, 4) is 0 Å². The van der Waals surface area contributed by atoms with E-state index in [9.17, 15) is 9.18 Å². The Morgan fingerprint density at radius 1 is 1.42 bits per heavy atom. The van der Waals surface area contributed by atoms with Crippen molar-refractivity contribution in [3.05, 3.63) is 54.1 Å². The van der Waals surface area contributed by atoms with Crippen LogP contribution in [0.3, 0.4) is 0 Å². The van der Waals surface area contributed by atoms with Crippen molar-refractivity contribution in [1.82, 2.24) is 20.0 Å². The third-order valence-electron chi connectivity index (χ3n) is 4.21. The normalized spacial score (nSPS) is 15.1. The second-order valence-corrected chi connectivity index (χ2v) is 6.47. The first-order valence-electron chi connectivity index (χ1n) is 8.39. The third kappa shape index (κ3) is 4.34. The van der Waals surface area contributed by atoms with E-state index >= 15 is 0 Å². The van der Waals surface area contributed by atoms with Crippen LogP contribution in [0.1, 0.15) is 25.3 Å². The van der Waals surface area contributed by atoms with Crippen molar-refractivity contribution >= 4 is 6.03 Å². The molecular formula is C18H23FN4O. The summed E-state index contributed by atoms with van der Waals surface area (Å²) in [5.41, 5.74) is 0.559. The Bertz CT molecular complexity index is 669. The van der Waals surface area contributed by atoms with Gasteiger partial charge in [0.15, 0.2) is 0 Å². The number of carbonyl (C=O) groups excluding carboxylic acids is 1. The van der Waals surface area contributed by atoms with Crippen LogP contribution in [0.4, 0.5) is 9.18 Å². The summed E-state index contributed by atoms with van der Waals surface area (Å²) in [6.07, 6.45) is 5.64. The van der Waals surface area contributed by atoms with Gasteiger partial charge in [0.25, 0.3) is 0 Å². The molecule has 5 nitrogen and oxygen atoms in total. The summed E-state index contributed by atoms with van der Waals surface area (Å²) < 4.78 is 15.7. The Morgan fingerprint density at radius 3 is 2.88 bits per heavy atom. The molecule has 1 atom stereocenters. The largest absolute Gasteiger partial charge is 0.338 e. The van der Waals surface area contributed by atoms with Gasteiger partial charge in [-0.1, -0.05) is 25.1 Å². The minimum Gasteiger partial charge on any atom is -0.338 e. The summed E-state index contributed by atoms with van der Waals surface area (Å²) in [5.74, 6) is 0.00589. The monoisotopic (exact) mass is 330 g/mol. The van der Waals surface area contributed by atoms with Crippen molar-refractivity contribution in [2.75, 3.05) is 6.54 Å². The number of urea groups is 1. The smallest absolute Gasteiger partial charge is 0.317 e. The SMILES string of the molecule is CC(CNC(=O)N(Cc1ccccc1F)C1CC1)Cn1cccn1. The quantitative estimate of drug-likeness (QED) is 0.848. The van der Waals surface area contributed by atoms with Crippen LogP contribution >= 0.6 is 0 Å². The molecule has 1 unspecified atom stereocenters. The lowest BCUT2D eigenvalue weighted by Crippen LogP contribution is -2.43. The standard InChI is InChI=1S/C18H23FN4O/c1-14(12-22-10-4-9-21-22)11-20-18(24)23(16-7-8-16)13-15-5-2-3-6-17(15)19/h2-6,9-10,14,16H,7-8,11-13H2,1H3,(H,20,24). The van der Waals surface area contributed by atoms with Crippen molar-refractivity contribution in [1.29, 1.82) is 0 Å². The summed E-state index contributed by atoms with van der Waals surface area (Å²) in [6.45, 7) is 3.71. The van der Waals surface area contributed by atoms with E-state index < -0.39 is 0 Å². The summed E-state index contributed by atoms with van der Waals surface area (Å²) in [4.78, 5) is 14.3. The molecule has 128 valence electrons. The molecule has 0 bridgehead atoms. The van der Waals surface area contributed by atoms with Crippen LogP contribution in [-0.2, 0) is 13.1 Å². The average Bonchev–Trinajstić information content (AvgIpc) is 3.29. The van der Waals surface area contributed by atoms with Gasteiger partial charge in [-0.3, -0.25) is 4.68 Å². The second kappa shape index (κ2) is 7.47. The highest BCUT2D eigenvalue weighted by Gasteiger charge is 2.33. The first kappa shape index (κ1) is 16.5. The van der Waals surface area contributed by atoms with Gasteiger partial charge >= 0.3 is 6.03 Å². The average molecular weight is 330 g/mol. The van der Waals surface area contributed by atoms with E-state index in [1.807, 2.05) is 16.9 Å². The molecule has 0 saturated heterocycles. The molecule has 1 saturated carbocycles. The van der Waals surface area contributed by atoms with Gasteiger partial charge in [-0.05, 0) is 30.9 Å². The van der Waals surface area contributed by atoms with E-state index in [0.717, 1.165) is 19.4 Å². The molecule has 24 heavy (non-hydrogen) atoms. The number of hydrogen-bond acceptors (Lipinski definition) is 2. The summed E-state index contributed by atoms with van der Waals surface area (Å²) >= 11 is 0. The zero-order chi connectivity index (χ0) is 16.9. The molecule has 0 aliphatic heterocycles. The Kier molecular flexibility index (Phi) is 5.13. The van der Waals surface area contributed by atoms with Crippen LogP contribution in [0.5, 0.6) is 0 Å². The topological polar surface area (TPSA) is 50.2 Å². The fourth-order valence-corrected chi connectivity index (χ4v) is 2.72. The van der Waals surface area contributed by atoms with E-state index in [4.69, 9.17) is 0 Å². The van der Waals surface area contributed by atoms with Crippen molar-refractivity contribution in [2.45, 2.75) is 38.9 Å². The Balaban J connectivity index is 1.54. The predicted octanol–water partition coefficient (Wildman–Crippen LogP) is 3.03. The summed E-state index contributed by atoms with van der Waals surface area (Å²) in [7, 11) is 0. The molecular weight excluding hydrogens is 307 g/mol. The highest BCUT2D eigenvalue weighted by Crippen LogP contribution is 2.28. The Hall–Kier alpha value is -2.37.